The van der Waals surface area contributed by atoms with Gasteiger partial charge in [0.25, 0.3) is 0 Å². The van der Waals surface area contributed by atoms with Gasteiger partial charge in [-0.3, -0.25) is 0 Å². The fraction of sp³-hybridized carbons (Fsp3) is 0. The van der Waals surface area contributed by atoms with Gasteiger partial charge in [-0.05, 0) is 30.3 Å². The Bertz CT molecular complexity index is 737. The van der Waals surface area contributed by atoms with E-state index in [0.717, 1.165) is 0 Å². The minimum atomic E-state index is 0.152. The van der Waals surface area contributed by atoms with Gasteiger partial charge in [0, 0.05) is 10.6 Å². The van der Waals surface area contributed by atoms with Crippen molar-refractivity contribution in [2.45, 2.75) is 0 Å². The molecular formula is C13H7Cl2NO2. The number of rotatable bonds is 1. The van der Waals surface area contributed by atoms with E-state index < -0.39 is 0 Å². The maximum Gasteiger partial charge on any atom is 0.227 e. The number of phenols is 1. The number of benzene rings is 2. The smallest absolute Gasteiger partial charge is 0.227 e. The third-order valence-corrected chi connectivity index (χ3v) is 3.00. The van der Waals surface area contributed by atoms with Crippen molar-refractivity contribution in [1.82, 2.24) is 4.98 Å². The molecule has 3 aromatic rings. The van der Waals surface area contributed by atoms with E-state index in [0.29, 0.717) is 32.6 Å². The van der Waals surface area contributed by atoms with Crippen molar-refractivity contribution in [3.8, 4) is 17.2 Å². The summed E-state index contributed by atoms with van der Waals surface area (Å²) in [5.41, 5.74) is 1.75. The van der Waals surface area contributed by atoms with E-state index in [4.69, 9.17) is 27.6 Å². The molecule has 1 heterocycles. The second kappa shape index (κ2) is 4.19. The Kier molecular flexibility index (Phi) is 2.65. The van der Waals surface area contributed by atoms with Crippen LogP contribution in [0.2, 0.25) is 10.0 Å². The lowest BCUT2D eigenvalue weighted by molar-refractivity contribution is 0.475. The highest BCUT2D eigenvalue weighted by Gasteiger charge is 2.12. The molecule has 0 fully saturated rings. The molecular weight excluding hydrogens is 273 g/mol. The van der Waals surface area contributed by atoms with Crippen LogP contribution in [0.5, 0.6) is 5.75 Å². The van der Waals surface area contributed by atoms with Gasteiger partial charge in [-0.25, -0.2) is 4.98 Å². The van der Waals surface area contributed by atoms with Crippen molar-refractivity contribution < 1.29 is 9.52 Å². The highest BCUT2D eigenvalue weighted by atomic mass is 35.5. The topological polar surface area (TPSA) is 46.3 Å². The largest absolute Gasteiger partial charge is 0.508 e. The molecule has 0 aliphatic rings. The van der Waals surface area contributed by atoms with Gasteiger partial charge in [-0.2, -0.15) is 0 Å². The number of oxazole rings is 1. The third-order valence-electron chi connectivity index (χ3n) is 2.50. The average Bonchev–Trinajstić information content (AvgIpc) is 2.73. The molecule has 0 saturated heterocycles. The quantitative estimate of drug-likeness (QED) is 0.713. The van der Waals surface area contributed by atoms with E-state index in [-0.39, 0.29) is 5.75 Å². The highest BCUT2D eigenvalue weighted by molar-refractivity contribution is 6.38. The molecule has 3 rings (SSSR count). The molecule has 18 heavy (non-hydrogen) atoms. The summed E-state index contributed by atoms with van der Waals surface area (Å²) in [6, 6.07) is 9.94. The predicted octanol–water partition coefficient (Wildman–Crippen LogP) is 4.51. The summed E-state index contributed by atoms with van der Waals surface area (Å²) in [6.45, 7) is 0. The van der Waals surface area contributed by atoms with Gasteiger partial charge in [0.1, 0.15) is 11.3 Å². The van der Waals surface area contributed by atoms with E-state index in [1.807, 2.05) is 0 Å². The van der Waals surface area contributed by atoms with Crippen molar-refractivity contribution in [1.29, 1.82) is 0 Å². The second-order valence-electron chi connectivity index (χ2n) is 3.81. The summed E-state index contributed by atoms with van der Waals surface area (Å²) in [5.74, 6) is 0.545. The highest BCUT2D eigenvalue weighted by Crippen LogP contribution is 2.32. The van der Waals surface area contributed by atoms with Crippen LogP contribution in [-0.4, -0.2) is 10.1 Å². The molecule has 0 aliphatic heterocycles. The zero-order chi connectivity index (χ0) is 12.7. The first-order valence-corrected chi connectivity index (χ1v) is 5.94. The summed E-state index contributed by atoms with van der Waals surface area (Å²) in [4.78, 5) is 4.30. The number of nitrogens with zero attached hydrogens (tertiary/aromatic N) is 1. The summed E-state index contributed by atoms with van der Waals surface area (Å²) >= 11 is 11.9. The minimum absolute atomic E-state index is 0.152. The number of hydrogen-bond donors (Lipinski definition) is 1. The van der Waals surface area contributed by atoms with Gasteiger partial charge in [0.2, 0.25) is 5.89 Å². The van der Waals surface area contributed by atoms with Gasteiger partial charge in [-0.1, -0.05) is 29.3 Å². The molecule has 0 unspecified atom stereocenters. The molecule has 5 heteroatoms. The maximum absolute atomic E-state index is 9.43. The number of halogens is 2. The van der Waals surface area contributed by atoms with Gasteiger partial charge in [0.05, 0.1) is 5.02 Å². The number of phenolic OH excluding ortho intramolecular Hbond substituents is 1. The predicted molar refractivity (Wildman–Crippen MR) is 71.1 cm³/mol. The van der Waals surface area contributed by atoms with Crippen LogP contribution in [0.1, 0.15) is 0 Å². The van der Waals surface area contributed by atoms with E-state index in [1.54, 1.807) is 36.4 Å². The number of aromatic hydroxyl groups is 1. The molecule has 0 amide bonds. The van der Waals surface area contributed by atoms with Crippen LogP contribution in [0.15, 0.2) is 40.8 Å². The standard InChI is InChI=1S/C13H7Cl2NO2/c14-8-5-10(15)12-11(6-8)16-13(18-12)7-2-1-3-9(17)4-7/h1-6,17H. The molecule has 1 aromatic heterocycles. The van der Waals surface area contributed by atoms with Crippen LogP contribution in [0, 0.1) is 0 Å². The second-order valence-corrected chi connectivity index (χ2v) is 4.65. The first-order chi connectivity index (χ1) is 8.63. The SMILES string of the molecule is Oc1cccc(-c2nc3cc(Cl)cc(Cl)c3o2)c1. The molecule has 0 atom stereocenters. The zero-order valence-electron chi connectivity index (χ0n) is 9.02. The normalized spacial score (nSPS) is 11.0. The zero-order valence-corrected chi connectivity index (χ0v) is 10.5. The lowest BCUT2D eigenvalue weighted by atomic mass is 10.2. The van der Waals surface area contributed by atoms with Crippen LogP contribution < -0.4 is 0 Å². The Balaban J connectivity index is 2.22. The van der Waals surface area contributed by atoms with Crippen molar-refractivity contribution >= 4 is 34.3 Å². The molecule has 90 valence electrons. The Morgan fingerprint density at radius 3 is 2.72 bits per heavy atom. The molecule has 0 aliphatic carbocycles. The summed E-state index contributed by atoms with van der Waals surface area (Å²) in [6.07, 6.45) is 0. The van der Waals surface area contributed by atoms with Crippen molar-refractivity contribution in [2.75, 3.05) is 0 Å². The molecule has 0 bridgehead atoms. The van der Waals surface area contributed by atoms with Crippen LogP contribution >= 0.6 is 23.2 Å². The summed E-state index contributed by atoms with van der Waals surface area (Å²) in [7, 11) is 0. The maximum atomic E-state index is 9.43. The summed E-state index contributed by atoms with van der Waals surface area (Å²) in [5, 5.41) is 10.3. The monoisotopic (exact) mass is 279 g/mol. The fourth-order valence-corrected chi connectivity index (χ4v) is 2.24. The van der Waals surface area contributed by atoms with Crippen LogP contribution in [0.4, 0.5) is 0 Å². The Morgan fingerprint density at radius 1 is 1.11 bits per heavy atom. The van der Waals surface area contributed by atoms with E-state index in [1.165, 1.54) is 0 Å². The van der Waals surface area contributed by atoms with Gasteiger partial charge in [0.15, 0.2) is 5.58 Å². The first kappa shape index (κ1) is 11.4. The van der Waals surface area contributed by atoms with Gasteiger partial charge >= 0.3 is 0 Å². The van der Waals surface area contributed by atoms with Crippen LogP contribution in [-0.2, 0) is 0 Å². The van der Waals surface area contributed by atoms with Crippen LogP contribution in [0.25, 0.3) is 22.6 Å². The van der Waals surface area contributed by atoms with Crippen LogP contribution in [0.3, 0.4) is 0 Å². The minimum Gasteiger partial charge on any atom is -0.508 e. The first-order valence-electron chi connectivity index (χ1n) is 5.18. The van der Waals surface area contributed by atoms with Crippen molar-refractivity contribution in [3.05, 3.63) is 46.4 Å². The lowest BCUT2D eigenvalue weighted by Gasteiger charge is -1.95. The fourth-order valence-electron chi connectivity index (χ4n) is 1.72. The molecule has 0 spiro atoms. The van der Waals surface area contributed by atoms with Gasteiger partial charge < -0.3 is 9.52 Å². The van der Waals surface area contributed by atoms with E-state index in [2.05, 4.69) is 4.98 Å². The van der Waals surface area contributed by atoms with E-state index in [9.17, 15) is 5.11 Å². The number of fused-ring (bicyclic) bond motifs is 1. The molecule has 3 nitrogen and oxygen atoms in total. The van der Waals surface area contributed by atoms with E-state index >= 15 is 0 Å². The molecule has 0 saturated carbocycles. The molecule has 0 radical (unpaired) electrons. The molecule has 1 N–H and O–H groups in total. The molecule has 2 aromatic carbocycles. The number of hydrogen-bond acceptors (Lipinski definition) is 3. The Labute approximate surface area is 113 Å². The number of aromatic nitrogens is 1. The van der Waals surface area contributed by atoms with Crippen molar-refractivity contribution in [3.63, 3.8) is 0 Å². The summed E-state index contributed by atoms with van der Waals surface area (Å²) < 4.78 is 5.58. The Morgan fingerprint density at radius 2 is 1.94 bits per heavy atom. The Hall–Kier alpha value is -1.71. The van der Waals surface area contributed by atoms with Gasteiger partial charge in [-0.15, -0.1) is 0 Å². The third kappa shape index (κ3) is 1.92. The van der Waals surface area contributed by atoms with Crippen molar-refractivity contribution in [2.24, 2.45) is 0 Å². The average molecular weight is 280 g/mol. The lowest BCUT2D eigenvalue weighted by Crippen LogP contribution is -1.76.